The molecule has 1 rings (SSSR count). The molecule has 0 atom stereocenters. The SMILES string of the molecule is CCCc1cncc(OC)c1C(=O)C(C)C. The van der Waals surface area contributed by atoms with Gasteiger partial charge in [-0.2, -0.15) is 0 Å². The molecule has 1 aromatic heterocycles. The van der Waals surface area contributed by atoms with Crippen molar-refractivity contribution >= 4 is 5.78 Å². The number of ether oxygens (including phenoxy) is 1. The smallest absolute Gasteiger partial charge is 0.169 e. The molecule has 0 aliphatic rings. The molecule has 3 nitrogen and oxygen atoms in total. The molecule has 1 aromatic rings. The summed E-state index contributed by atoms with van der Waals surface area (Å²) in [5.41, 5.74) is 1.69. The zero-order chi connectivity index (χ0) is 12.1. The number of carbonyl (C=O) groups excluding carboxylic acids is 1. The van der Waals surface area contributed by atoms with Crippen LogP contribution in [0.3, 0.4) is 0 Å². The van der Waals surface area contributed by atoms with Crippen LogP contribution in [0.25, 0.3) is 0 Å². The second-order valence-corrected chi connectivity index (χ2v) is 4.14. The number of Topliss-reactive ketones (excluding diaryl/α,β-unsaturated/α-hetero) is 1. The van der Waals surface area contributed by atoms with Gasteiger partial charge in [-0.05, 0) is 12.0 Å². The molecular weight excluding hydrogens is 202 g/mol. The highest BCUT2D eigenvalue weighted by Crippen LogP contribution is 2.25. The number of methoxy groups -OCH3 is 1. The molecule has 0 bridgehead atoms. The average molecular weight is 221 g/mol. The van der Waals surface area contributed by atoms with Crippen molar-refractivity contribution in [3.8, 4) is 5.75 Å². The fraction of sp³-hybridized carbons (Fsp3) is 0.538. The third kappa shape index (κ3) is 2.60. The minimum atomic E-state index is -0.0214. The molecule has 0 unspecified atom stereocenters. The third-order valence-electron chi connectivity index (χ3n) is 2.50. The normalized spacial score (nSPS) is 10.6. The van der Waals surface area contributed by atoms with Crippen LogP contribution in [0.2, 0.25) is 0 Å². The number of ketones is 1. The lowest BCUT2D eigenvalue weighted by Crippen LogP contribution is -2.12. The van der Waals surface area contributed by atoms with Crippen LogP contribution in [0.15, 0.2) is 12.4 Å². The molecule has 0 fully saturated rings. The predicted octanol–water partition coefficient (Wildman–Crippen LogP) is 2.88. The fourth-order valence-electron chi connectivity index (χ4n) is 1.66. The largest absolute Gasteiger partial charge is 0.494 e. The van der Waals surface area contributed by atoms with Crippen LogP contribution in [0, 0.1) is 5.92 Å². The minimum Gasteiger partial charge on any atom is -0.494 e. The summed E-state index contributed by atoms with van der Waals surface area (Å²) < 4.78 is 5.22. The van der Waals surface area contributed by atoms with E-state index in [1.54, 1.807) is 19.5 Å². The second kappa shape index (κ2) is 5.64. The monoisotopic (exact) mass is 221 g/mol. The van der Waals surface area contributed by atoms with Crippen molar-refractivity contribution in [1.82, 2.24) is 4.98 Å². The van der Waals surface area contributed by atoms with Crippen LogP contribution in [-0.2, 0) is 6.42 Å². The average Bonchev–Trinajstić information content (AvgIpc) is 2.28. The number of rotatable bonds is 5. The number of pyridine rings is 1. The Morgan fingerprint density at radius 1 is 1.44 bits per heavy atom. The first-order chi connectivity index (χ1) is 7.61. The topological polar surface area (TPSA) is 39.2 Å². The Kier molecular flexibility index (Phi) is 4.47. The predicted molar refractivity (Wildman–Crippen MR) is 64.0 cm³/mol. The molecular formula is C13H19NO2. The van der Waals surface area contributed by atoms with Gasteiger partial charge in [0.05, 0.1) is 18.9 Å². The molecule has 0 aliphatic heterocycles. The molecule has 0 saturated carbocycles. The number of aryl methyl sites for hydroxylation is 1. The molecule has 0 N–H and O–H groups in total. The van der Waals surface area contributed by atoms with Gasteiger partial charge >= 0.3 is 0 Å². The van der Waals surface area contributed by atoms with E-state index in [9.17, 15) is 4.79 Å². The Labute approximate surface area is 96.8 Å². The van der Waals surface area contributed by atoms with Crippen molar-refractivity contribution in [2.45, 2.75) is 33.6 Å². The lowest BCUT2D eigenvalue weighted by molar-refractivity contribution is 0.0935. The van der Waals surface area contributed by atoms with Crippen molar-refractivity contribution in [3.63, 3.8) is 0 Å². The highest BCUT2D eigenvalue weighted by atomic mass is 16.5. The molecule has 0 spiro atoms. The summed E-state index contributed by atoms with van der Waals surface area (Å²) in [7, 11) is 1.57. The van der Waals surface area contributed by atoms with Gasteiger partial charge in [0.15, 0.2) is 5.78 Å². The lowest BCUT2D eigenvalue weighted by atomic mass is 9.95. The van der Waals surface area contributed by atoms with E-state index in [-0.39, 0.29) is 11.7 Å². The molecule has 0 aromatic carbocycles. The first kappa shape index (κ1) is 12.7. The van der Waals surface area contributed by atoms with Gasteiger partial charge in [0.25, 0.3) is 0 Å². The van der Waals surface area contributed by atoms with Crippen molar-refractivity contribution in [2.75, 3.05) is 7.11 Å². The quantitative estimate of drug-likeness (QED) is 0.718. The Hall–Kier alpha value is -1.38. The van der Waals surface area contributed by atoms with Crippen LogP contribution >= 0.6 is 0 Å². The highest BCUT2D eigenvalue weighted by Gasteiger charge is 2.19. The van der Waals surface area contributed by atoms with E-state index in [4.69, 9.17) is 4.74 Å². The van der Waals surface area contributed by atoms with Gasteiger partial charge in [-0.1, -0.05) is 27.2 Å². The summed E-state index contributed by atoms with van der Waals surface area (Å²) in [5, 5.41) is 0. The maximum absolute atomic E-state index is 12.1. The van der Waals surface area contributed by atoms with Gasteiger partial charge in [-0.3, -0.25) is 9.78 Å². The summed E-state index contributed by atoms with van der Waals surface area (Å²) in [6.45, 7) is 5.89. The molecule has 0 saturated heterocycles. The Morgan fingerprint density at radius 2 is 2.12 bits per heavy atom. The minimum absolute atomic E-state index is 0.0214. The van der Waals surface area contributed by atoms with E-state index >= 15 is 0 Å². The highest BCUT2D eigenvalue weighted by molar-refractivity contribution is 6.01. The zero-order valence-corrected chi connectivity index (χ0v) is 10.4. The summed E-state index contributed by atoms with van der Waals surface area (Å²) in [6.07, 6.45) is 5.22. The fourth-order valence-corrected chi connectivity index (χ4v) is 1.66. The third-order valence-corrected chi connectivity index (χ3v) is 2.50. The van der Waals surface area contributed by atoms with E-state index in [1.807, 2.05) is 13.8 Å². The number of hydrogen-bond donors (Lipinski definition) is 0. The molecule has 1 heterocycles. The lowest BCUT2D eigenvalue weighted by Gasteiger charge is -2.13. The Morgan fingerprint density at radius 3 is 2.62 bits per heavy atom. The maximum Gasteiger partial charge on any atom is 0.169 e. The second-order valence-electron chi connectivity index (χ2n) is 4.14. The van der Waals surface area contributed by atoms with Gasteiger partial charge in [-0.25, -0.2) is 0 Å². The van der Waals surface area contributed by atoms with Crippen molar-refractivity contribution < 1.29 is 9.53 Å². The Balaban J connectivity index is 3.24. The van der Waals surface area contributed by atoms with Gasteiger partial charge < -0.3 is 4.74 Å². The van der Waals surface area contributed by atoms with Crippen molar-refractivity contribution in [2.24, 2.45) is 5.92 Å². The van der Waals surface area contributed by atoms with Crippen LogP contribution in [0.4, 0.5) is 0 Å². The van der Waals surface area contributed by atoms with E-state index in [2.05, 4.69) is 11.9 Å². The van der Waals surface area contributed by atoms with Crippen LogP contribution in [0.5, 0.6) is 5.75 Å². The summed E-state index contributed by atoms with van der Waals surface area (Å²) in [4.78, 5) is 16.2. The number of hydrogen-bond acceptors (Lipinski definition) is 3. The molecule has 88 valence electrons. The molecule has 3 heteroatoms. The van der Waals surface area contributed by atoms with E-state index in [0.717, 1.165) is 18.4 Å². The van der Waals surface area contributed by atoms with Crippen LogP contribution in [0.1, 0.15) is 43.1 Å². The summed E-state index contributed by atoms with van der Waals surface area (Å²) >= 11 is 0. The van der Waals surface area contributed by atoms with Crippen molar-refractivity contribution in [3.05, 3.63) is 23.5 Å². The van der Waals surface area contributed by atoms with Crippen molar-refractivity contribution in [1.29, 1.82) is 0 Å². The van der Waals surface area contributed by atoms with Gasteiger partial charge in [0, 0.05) is 12.1 Å². The zero-order valence-electron chi connectivity index (χ0n) is 10.4. The van der Waals surface area contributed by atoms with E-state index < -0.39 is 0 Å². The molecule has 16 heavy (non-hydrogen) atoms. The molecule has 0 aliphatic carbocycles. The first-order valence-corrected chi connectivity index (χ1v) is 5.66. The van der Waals surface area contributed by atoms with E-state index in [1.165, 1.54) is 0 Å². The molecule has 0 radical (unpaired) electrons. The Bertz CT molecular complexity index is 372. The standard InChI is InChI=1S/C13H19NO2/c1-5-6-10-7-14-8-11(16-4)12(10)13(15)9(2)3/h7-9H,5-6H2,1-4H3. The number of carbonyl (C=O) groups is 1. The summed E-state index contributed by atoms with van der Waals surface area (Å²) in [6, 6.07) is 0. The van der Waals surface area contributed by atoms with Gasteiger partial charge in [-0.15, -0.1) is 0 Å². The summed E-state index contributed by atoms with van der Waals surface area (Å²) in [5.74, 6) is 0.694. The molecule has 0 amide bonds. The van der Waals surface area contributed by atoms with Crippen LogP contribution in [-0.4, -0.2) is 17.9 Å². The van der Waals surface area contributed by atoms with Gasteiger partial charge in [0.1, 0.15) is 5.75 Å². The van der Waals surface area contributed by atoms with Gasteiger partial charge in [0.2, 0.25) is 0 Å². The first-order valence-electron chi connectivity index (χ1n) is 5.66. The van der Waals surface area contributed by atoms with E-state index in [0.29, 0.717) is 11.3 Å². The number of nitrogens with zero attached hydrogens (tertiary/aromatic N) is 1. The number of aromatic nitrogens is 1. The van der Waals surface area contributed by atoms with Crippen LogP contribution < -0.4 is 4.74 Å². The maximum atomic E-state index is 12.1.